The summed E-state index contributed by atoms with van der Waals surface area (Å²) in [6.07, 6.45) is 1.49. The van der Waals surface area contributed by atoms with E-state index in [0.717, 1.165) is 11.3 Å². The molecule has 28 heavy (non-hydrogen) atoms. The van der Waals surface area contributed by atoms with Gasteiger partial charge in [0.1, 0.15) is 11.4 Å². The van der Waals surface area contributed by atoms with E-state index in [1.807, 2.05) is 18.2 Å². The largest absolute Gasteiger partial charge is 0.497 e. The van der Waals surface area contributed by atoms with Crippen LogP contribution in [0.15, 0.2) is 60.3 Å². The highest BCUT2D eigenvalue weighted by molar-refractivity contribution is 5.98. The van der Waals surface area contributed by atoms with Crippen molar-refractivity contribution in [3.63, 3.8) is 0 Å². The fourth-order valence-electron chi connectivity index (χ4n) is 2.26. The lowest BCUT2D eigenvalue weighted by molar-refractivity contribution is -0.145. The standard InChI is InChI=1S/C21H22N2O5/c1-15(24)23-19(12-16-6-4-3-5-7-16)21(26)28-14-20(25)22-13-17-8-10-18(27-2)11-9-17/h3-12H,13-14H2,1-2H3,(H,22,25)(H,23,24)/b19-12-. The molecule has 0 atom stereocenters. The van der Waals surface area contributed by atoms with Crippen molar-refractivity contribution in [2.45, 2.75) is 13.5 Å². The average Bonchev–Trinajstić information content (AvgIpc) is 2.70. The Kier molecular flexibility index (Phi) is 7.77. The van der Waals surface area contributed by atoms with Gasteiger partial charge in [0.25, 0.3) is 5.91 Å². The average molecular weight is 382 g/mol. The number of methoxy groups -OCH3 is 1. The molecule has 0 bridgehead atoms. The van der Waals surface area contributed by atoms with E-state index >= 15 is 0 Å². The van der Waals surface area contributed by atoms with Gasteiger partial charge in [-0.1, -0.05) is 42.5 Å². The summed E-state index contributed by atoms with van der Waals surface area (Å²) in [6.45, 7) is 1.12. The third-order valence-electron chi connectivity index (χ3n) is 3.62. The van der Waals surface area contributed by atoms with Gasteiger partial charge in [0, 0.05) is 13.5 Å². The molecule has 0 unspecified atom stereocenters. The van der Waals surface area contributed by atoms with Crippen molar-refractivity contribution in [2.24, 2.45) is 0 Å². The van der Waals surface area contributed by atoms with E-state index in [2.05, 4.69) is 10.6 Å². The maximum absolute atomic E-state index is 12.2. The maximum atomic E-state index is 12.2. The zero-order valence-electron chi connectivity index (χ0n) is 15.7. The number of carbonyl (C=O) groups excluding carboxylic acids is 3. The number of carbonyl (C=O) groups is 3. The van der Waals surface area contributed by atoms with E-state index in [1.54, 1.807) is 43.5 Å². The molecule has 2 N–H and O–H groups in total. The van der Waals surface area contributed by atoms with Crippen LogP contribution < -0.4 is 15.4 Å². The van der Waals surface area contributed by atoms with Crippen molar-refractivity contribution < 1.29 is 23.9 Å². The van der Waals surface area contributed by atoms with Gasteiger partial charge in [-0.3, -0.25) is 9.59 Å². The Hall–Kier alpha value is -3.61. The Balaban J connectivity index is 1.89. The van der Waals surface area contributed by atoms with E-state index in [4.69, 9.17) is 9.47 Å². The van der Waals surface area contributed by atoms with E-state index in [-0.39, 0.29) is 5.70 Å². The van der Waals surface area contributed by atoms with Crippen LogP contribution in [0.1, 0.15) is 18.1 Å². The summed E-state index contributed by atoms with van der Waals surface area (Å²) in [7, 11) is 1.58. The lowest BCUT2D eigenvalue weighted by Gasteiger charge is -2.10. The first-order valence-electron chi connectivity index (χ1n) is 8.59. The van der Waals surface area contributed by atoms with Gasteiger partial charge in [0.15, 0.2) is 6.61 Å². The molecule has 0 aliphatic heterocycles. The summed E-state index contributed by atoms with van der Waals surface area (Å²) in [6, 6.07) is 16.2. The first-order valence-corrected chi connectivity index (χ1v) is 8.59. The molecule has 0 heterocycles. The summed E-state index contributed by atoms with van der Waals surface area (Å²) in [5.74, 6) is -0.937. The van der Waals surface area contributed by atoms with Crippen LogP contribution in [0.25, 0.3) is 6.08 Å². The second-order valence-electron chi connectivity index (χ2n) is 5.85. The van der Waals surface area contributed by atoms with Gasteiger partial charge in [-0.2, -0.15) is 0 Å². The number of benzene rings is 2. The number of esters is 1. The van der Waals surface area contributed by atoms with Crippen LogP contribution in [-0.2, 0) is 25.7 Å². The Morgan fingerprint density at radius 3 is 2.29 bits per heavy atom. The van der Waals surface area contributed by atoms with Gasteiger partial charge in [-0.05, 0) is 29.3 Å². The third-order valence-corrected chi connectivity index (χ3v) is 3.62. The number of amides is 2. The van der Waals surface area contributed by atoms with Crippen LogP contribution in [-0.4, -0.2) is 31.5 Å². The Morgan fingerprint density at radius 1 is 1.00 bits per heavy atom. The van der Waals surface area contributed by atoms with Gasteiger partial charge in [0.05, 0.1) is 7.11 Å². The minimum atomic E-state index is -0.793. The fourth-order valence-corrected chi connectivity index (χ4v) is 2.26. The highest BCUT2D eigenvalue weighted by Gasteiger charge is 2.14. The second-order valence-corrected chi connectivity index (χ2v) is 5.85. The molecule has 0 aromatic heterocycles. The number of ether oxygens (including phenoxy) is 2. The van der Waals surface area contributed by atoms with E-state index in [1.165, 1.54) is 13.0 Å². The predicted octanol–water partition coefficient (Wildman–Crippen LogP) is 2.03. The van der Waals surface area contributed by atoms with Crippen molar-refractivity contribution in [1.82, 2.24) is 10.6 Å². The molecule has 7 heteroatoms. The smallest absolute Gasteiger partial charge is 0.355 e. The number of hydrogen-bond acceptors (Lipinski definition) is 5. The molecule has 0 fully saturated rings. The van der Waals surface area contributed by atoms with Crippen molar-refractivity contribution >= 4 is 23.9 Å². The topological polar surface area (TPSA) is 93.7 Å². The molecular weight excluding hydrogens is 360 g/mol. The van der Waals surface area contributed by atoms with Crippen LogP contribution in [0.4, 0.5) is 0 Å². The van der Waals surface area contributed by atoms with E-state index < -0.39 is 24.4 Å². The molecular formula is C21H22N2O5. The zero-order valence-corrected chi connectivity index (χ0v) is 15.7. The number of rotatable bonds is 8. The van der Waals surface area contributed by atoms with Crippen LogP contribution >= 0.6 is 0 Å². The van der Waals surface area contributed by atoms with Crippen molar-refractivity contribution in [1.29, 1.82) is 0 Å². The predicted molar refractivity (Wildman–Crippen MR) is 104 cm³/mol. The lowest BCUT2D eigenvalue weighted by Crippen LogP contribution is -2.31. The summed E-state index contributed by atoms with van der Waals surface area (Å²) < 4.78 is 10.1. The van der Waals surface area contributed by atoms with Gasteiger partial charge in [-0.15, -0.1) is 0 Å². The highest BCUT2D eigenvalue weighted by Crippen LogP contribution is 2.11. The molecule has 0 saturated carbocycles. The van der Waals surface area contributed by atoms with Gasteiger partial charge in [-0.25, -0.2) is 4.79 Å². The molecule has 0 aliphatic carbocycles. The molecule has 2 aromatic rings. The third kappa shape index (κ3) is 6.95. The molecule has 0 spiro atoms. The molecule has 0 saturated heterocycles. The molecule has 7 nitrogen and oxygen atoms in total. The van der Waals surface area contributed by atoms with E-state index in [0.29, 0.717) is 12.1 Å². The SMILES string of the molecule is COc1ccc(CNC(=O)COC(=O)/C(=C/c2ccccc2)NC(C)=O)cc1. The van der Waals surface area contributed by atoms with E-state index in [9.17, 15) is 14.4 Å². The summed E-state index contributed by atoms with van der Waals surface area (Å²) in [5.41, 5.74) is 1.55. The number of nitrogens with one attached hydrogen (secondary N) is 2. The van der Waals surface area contributed by atoms with Crippen molar-refractivity contribution in [2.75, 3.05) is 13.7 Å². The first kappa shape index (κ1) is 20.7. The van der Waals surface area contributed by atoms with Gasteiger partial charge < -0.3 is 20.1 Å². The molecule has 0 aliphatic rings. The summed E-state index contributed by atoms with van der Waals surface area (Å²) >= 11 is 0. The second kappa shape index (κ2) is 10.5. The Bertz CT molecular complexity index is 845. The minimum absolute atomic E-state index is 0.0401. The fraction of sp³-hybridized carbons (Fsp3) is 0.190. The van der Waals surface area contributed by atoms with Gasteiger partial charge >= 0.3 is 5.97 Å². The molecule has 146 valence electrons. The molecule has 2 aromatic carbocycles. The zero-order chi connectivity index (χ0) is 20.4. The monoisotopic (exact) mass is 382 g/mol. The van der Waals surface area contributed by atoms with Crippen LogP contribution in [0.2, 0.25) is 0 Å². The molecule has 0 radical (unpaired) electrons. The van der Waals surface area contributed by atoms with Crippen molar-refractivity contribution in [3.8, 4) is 5.75 Å². The van der Waals surface area contributed by atoms with Crippen LogP contribution in [0, 0.1) is 0 Å². The summed E-state index contributed by atoms with van der Waals surface area (Å²) in [5, 5.41) is 5.08. The maximum Gasteiger partial charge on any atom is 0.355 e. The highest BCUT2D eigenvalue weighted by atomic mass is 16.5. The van der Waals surface area contributed by atoms with Crippen molar-refractivity contribution in [3.05, 3.63) is 71.4 Å². The molecule has 2 amide bonds. The quantitative estimate of drug-likeness (QED) is 0.538. The van der Waals surface area contributed by atoms with Crippen LogP contribution in [0.3, 0.4) is 0 Å². The molecule has 2 rings (SSSR count). The van der Waals surface area contributed by atoms with Crippen LogP contribution in [0.5, 0.6) is 5.75 Å². The normalized spacial score (nSPS) is 10.7. The Morgan fingerprint density at radius 2 is 1.68 bits per heavy atom. The van der Waals surface area contributed by atoms with Gasteiger partial charge in [0.2, 0.25) is 5.91 Å². The Labute approximate surface area is 163 Å². The number of hydrogen-bond donors (Lipinski definition) is 2. The lowest BCUT2D eigenvalue weighted by atomic mass is 10.2. The minimum Gasteiger partial charge on any atom is -0.497 e. The first-order chi connectivity index (χ1) is 13.5. The summed E-state index contributed by atoms with van der Waals surface area (Å²) in [4.78, 5) is 35.5.